The summed E-state index contributed by atoms with van der Waals surface area (Å²) < 4.78 is 65.8. The van der Waals surface area contributed by atoms with E-state index in [4.69, 9.17) is 0 Å². The number of carbonyl (C=O) groups is 1. The lowest BCUT2D eigenvalue weighted by Crippen LogP contribution is -2.34. The van der Waals surface area contributed by atoms with Crippen molar-refractivity contribution in [1.82, 2.24) is 10.2 Å². The SMILES string of the molecule is CCN(CC)CCNC(=O)c1cccc(S(=O)(=O)Nc2cccc(C(F)(F)F)c2)c1.Cl. The number of hydrogen-bond donors (Lipinski definition) is 2. The molecular formula is C20H25ClF3N3O3S. The third-order valence-electron chi connectivity index (χ3n) is 4.46. The van der Waals surface area contributed by atoms with Gasteiger partial charge < -0.3 is 10.2 Å². The second-order valence-electron chi connectivity index (χ2n) is 6.49. The Kier molecular flexibility index (Phi) is 9.79. The topological polar surface area (TPSA) is 78.5 Å². The van der Waals surface area contributed by atoms with Gasteiger partial charge in [-0.3, -0.25) is 9.52 Å². The van der Waals surface area contributed by atoms with E-state index in [2.05, 4.69) is 14.9 Å². The average molecular weight is 480 g/mol. The Bertz CT molecular complexity index is 981. The summed E-state index contributed by atoms with van der Waals surface area (Å²) in [5.41, 5.74) is -1.05. The summed E-state index contributed by atoms with van der Waals surface area (Å²) >= 11 is 0. The van der Waals surface area contributed by atoms with Crippen LogP contribution in [-0.4, -0.2) is 45.4 Å². The Labute approximate surface area is 186 Å². The summed E-state index contributed by atoms with van der Waals surface area (Å²) in [5.74, 6) is -0.432. The van der Waals surface area contributed by atoms with Crippen LogP contribution in [0, 0.1) is 0 Å². The molecule has 0 saturated heterocycles. The number of anilines is 1. The van der Waals surface area contributed by atoms with E-state index in [1.165, 1.54) is 30.3 Å². The van der Waals surface area contributed by atoms with Crippen LogP contribution in [0.1, 0.15) is 29.8 Å². The van der Waals surface area contributed by atoms with Gasteiger partial charge in [0.25, 0.3) is 15.9 Å². The third-order valence-corrected chi connectivity index (χ3v) is 5.84. The van der Waals surface area contributed by atoms with Gasteiger partial charge in [0.05, 0.1) is 10.5 Å². The molecule has 11 heteroatoms. The number of nitrogens with zero attached hydrogens (tertiary/aromatic N) is 1. The van der Waals surface area contributed by atoms with Gasteiger partial charge in [-0.1, -0.05) is 26.0 Å². The van der Waals surface area contributed by atoms with Gasteiger partial charge in [-0.05, 0) is 49.5 Å². The molecule has 2 aromatic rings. The number of carbonyl (C=O) groups excluding carboxylic acids is 1. The zero-order chi connectivity index (χ0) is 22.4. The molecule has 31 heavy (non-hydrogen) atoms. The highest BCUT2D eigenvalue weighted by molar-refractivity contribution is 7.92. The minimum Gasteiger partial charge on any atom is -0.351 e. The van der Waals surface area contributed by atoms with Crippen LogP contribution in [0.3, 0.4) is 0 Å². The van der Waals surface area contributed by atoms with Crippen LogP contribution >= 0.6 is 12.4 Å². The highest BCUT2D eigenvalue weighted by Crippen LogP contribution is 2.31. The second-order valence-corrected chi connectivity index (χ2v) is 8.18. The molecule has 172 valence electrons. The predicted molar refractivity (Wildman–Crippen MR) is 116 cm³/mol. The van der Waals surface area contributed by atoms with Crippen molar-refractivity contribution in [2.24, 2.45) is 0 Å². The van der Waals surface area contributed by atoms with Crippen LogP contribution in [0.15, 0.2) is 53.4 Å². The molecule has 0 atom stereocenters. The highest BCUT2D eigenvalue weighted by Gasteiger charge is 2.30. The summed E-state index contributed by atoms with van der Waals surface area (Å²) in [7, 11) is -4.18. The third kappa shape index (κ3) is 7.71. The number of alkyl halides is 3. The molecular weight excluding hydrogens is 455 g/mol. The number of sulfonamides is 1. The molecule has 0 aliphatic heterocycles. The van der Waals surface area contributed by atoms with Gasteiger partial charge in [0.1, 0.15) is 0 Å². The maximum atomic E-state index is 12.8. The number of rotatable bonds is 9. The molecule has 0 fully saturated rings. The largest absolute Gasteiger partial charge is 0.416 e. The van der Waals surface area contributed by atoms with Crippen molar-refractivity contribution in [2.75, 3.05) is 30.9 Å². The van der Waals surface area contributed by atoms with Gasteiger partial charge in [-0.15, -0.1) is 12.4 Å². The Balaban J connectivity index is 0.00000480. The molecule has 0 aliphatic rings. The van der Waals surface area contributed by atoms with Gasteiger partial charge >= 0.3 is 6.18 Å². The average Bonchev–Trinajstić information content (AvgIpc) is 2.70. The molecule has 0 bridgehead atoms. The van der Waals surface area contributed by atoms with Crippen LogP contribution in [0.5, 0.6) is 0 Å². The number of amides is 1. The fraction of sp³-hybridized carbons (Fsp3) is 0.350. The van der Waals surface area contributed by atoms with Crippen molar-refractivity contribution >= 4 is 34.0 Å². The van der Waals surface area contributed by atoms with E-state index in [-0.39, 0.29) is 28.6 Å². The Morgan fingerprint density at radius 3 is 2.29 bits per heavy atom. The zero-order valence-electron chi connectivity index (χ0n) is 17.1. The number of benzene rings is 2. The summed E-state index contributed by atoms with van der Waals surface area (Å²) in [5, 5.41) is 2.73. The van der Waals surface area contributed by atoms with E-state index in [0.29, 0.717) is 19.2 Å². The van der Waals surface area contributed by atoms with Crippen LogP contribution in [0.2, 0.25) is 0 Å². The zero-order valence-corrected chi connectivity index (χ0v) is 18.7. The van der Waals surface area contributed by atoms with E-state index < -0.39 is 27.7 Å². The molecule has 1 amide bonds. The van der Waals surface area contributed by atoms with Gasteiger partial charge in [-0.25, -0.2) is 8.42 Å². The first-order valence-corrected chi connectivity index (χ1v) is 10.9. The Hall–Kier alpha value is -2.30. The van der Waals surface area contributed by atoms with Crippen molar-refractivity contribution in [1.29, 1.82) is 0 Å². The number of halogens is 4. The number of likely N-dealkylation sites (N-methyl/N-ethyl adjacent to an activating group) is 1. The summed E-state index contributed by atoms with van der Waals surface area (Å²) in [4.78, 5) is 14.2. The van der Waals surface area contributed by atoms with Crippen LogP contribution in [0.25, 0.3) is 0 Å². The summed E-state index contributed by atoms with van der Waals surface area (Å²) in [6.45, 7) is 6.78. The van der Waals surface area contributed by atoms with Gasteiger partial charge in [0, 0.05) is 24.3 Å². The molecule has 0 aliphatic carbocycles. The Morgan fingerprint density at radius 1 is 1.03 bits per heavy atom. The van der Waals surface area contributed by atoms with Crippen molar-refractivity contribution in [3.63, 3.8) is 0 Å². The molecule has 0 heterocycles. The van der Waals surface area contributed by atoms with E-state index in [1.807, 2.05) is 13.8 Å². The maximum absolute atomic E-state index is 12.8. The molecule has 0 aromatic heterocycles. The smallest absolute Gasteiger partial charge is 0.351 e. The van der Waals surface area contributed by atoms with Crippen molar-refractivity contribution in [3.8, 4) is 0 Å². The lowest BCUT2D eigenvalue weighted by atomic mass is 10.2. The molecule has 6 nitrogen and oxygen atoms in total. The summed E-state index contributed by atoms with van der Waals surface area (Å²) in [6.07, 6.45) is -4.59. The minimum atomic E-state index is -4.59. The van der Waals surface area contributed by atoms with E-state index in [9.17, 15) is 26.4 Å². The molecule has 0 radical (unpaired) electrons. The first-order valence-electron chi connectivity index (χ1n) is 9.37. The van der Waals surface area contributed by atoms with Gasteiger partial charge in [-0.2, -0.15) is 13.2 Å². The quantitative estimate of drug-likeness (QED) is 0.570. The molecule has 0 spiro atoms. The lowest BCUT2D eigenvalue weighted by Gasteiger charge is -2.18. The fourth-order valence-corrected chi connectivity index (χ4v) is 3.84. The fourth-order valence-electron chi connectivity index (χ4n) is 2.75. The molecule has 0 unspecified atom stereocenters. The van der Waals surface area contributed by atoms with Crippen LogP contribution in [0.4, 0.5) is 18.9 Å². The summed E-state index contributed by atoms with van der Waals surface area (Å²) in [6, 6.07) is 9.21. The van der Waals surface area contributed by atoms with Crippen molar-refractivity contribution in [2.45, 2.75) is 24.9 Å². The maximum Gasteiger partial charge on any atom is 0.416 e. The van der Waals surface area contributed by atoms with Crippen LogP contribution < -0.4 is 10.0 Å². The second kappa shape index (κ2) is 11.4. The molecule has 2 aromatic carbocycles. The number of hydrogen-bond acceptors (Lipinski definition) is 4. The predicted octanol–water partition coefficient (Wildman–Crippen LogP) is 4.00. The monoisotopic (exact) mass is 479 g/mol. The first-order chi connectivity index (χ1) is 14.1. The first kappa shape index (κ1) is 26.7. The Morgan fingerprint density at radius 2 is 1.68 bits per heavy atom. The number of nitrogens with one attached hydrogen (secondary N) is 2. The van der Waals surface area contributed by atoms with E-state index in [0.717, 1.165) is 25.2 Å². The molecule has 2 N–H and O–H groups in total. The van der Waals surface area contributed by atoms with Crippen LogP contribution in [-0.2, 0) is 16.2 Å². The molecule has 2 rings (SSSR count). The van der Waals surface area contributed by atoms with E-state index in [1.54, 1.807) is 0 Å². The van der Waals surface area contributed by atoms with Gasteiger partial charge in [0.2, 0.25) is 0 Å². The van der Waals surface area contributed by atoms with E-state index >= 15 is 0 Å². The van der Waals surface area contributed by atoms with Gasteiger partial charge in [0.15, 0.2) is 0 Å². The lowest BCUT2D eigenvalue weighted by molar-refractivity contribution is -0.137. The minimum absolute atomic E-state index is 0. The normalized spacial score (nSPS) is 11.7. The highest BCUT2D eigenvalue weighted by atomic mass is 35.5. The van der Waals surface area contributed by atoms with Crippen molar-refractivity contribution in [3.05, 3.63) is 59.7 Å². The molecule has 0 saturated carbocycles. The standard InChI is InChI=1S/C20H24F3N3O3S.ClH/c1-3-26(4-2)12-11-24-19(27)15-7-5-10-18(13-15)30(28,29)25-17-9-6-8-16(14-17)20(21,22)23;/h5-10,13-14,25H,3-4,11-12H2,1-2H3,(H,24,27);1H. The van der Waals surface area contributed by atoms with Crippen molar-refractivity contribution < 1.29 is 26.4 Å².